The van der Waals surface area contributed by atoms with Crippen molar-refractivity contribution in [1.82, 2.24) is 0 Å². The zero-order chi connectivity index (χ0) is 8.55. The van der Waals surface area contributed by atoms with Crippen LogP contribution >= 0.6 is 15.9 Å². The summed E-state index contributed by atoms with van der Waals surface area (Å²) in [5.41, 5.74) is 7.74. The lowest BCUT2D eigenvalue weighted by Crippen LogP contribution is -2.10. The number of aryl methyl sites for hydroxylation is 1. The highest BCUT2D eigenvalue weighted by molar-refractivity contribution is 9.10. The third-order valence-electron chi connectivity index (χ3n) is 2.00. The van der Waals surface area contributed by atoms with Crippen molar-refractivity contribution in [3.05, 3.63) is 22.2 Å². The normalized spacial score (nSPS) is 15.1. The molecule has 0 spiro atoms. The molecule has 2 N–H and O–H groups in total. The topological polar surface area (TPSA) is 35.2 Å². The zero-order valence-corrected chi connectivity index (χ0v) is 8.23. The summed E-state index contributed by atoms with van der Waals surface area (Å²) in [5, 5.41) is 0. The van der Waals surface area contributed by atoms with Crippen molar-refractivity contribution in [3.63, 3.8) is 0 Å². The second-order valence-electron chi connectivity index (χ2n) is 2.94. The fourth-order valence-corrected chi connectivity index (χ4v) is 1.99. The number of ether oxygens (including phenoxy) is 1. The molecule has 0 saturated carbocycles. The predicted octanol–water partition coefficient (Wildman–Crippen LogP) is 2.36. The van der Waals surface area contributed by atoms with E-state index < -0.39 is 0 Å². The van der Waals surface area contributed by atoms with Gasteiger partial charge >= 0.3 is 0 Å². The van der Waals surface area contributed by atoms with Crippen molar-refractivity contribution in [2.45, 2.75) is 12.8 Å². The summed E-state index contributed by atoms with van der Waals surface area (Å²) in [6.45, 7) is 0.791. The predicted molar refractivity (Wildman–Crippen MR) is 52.4 cm³/mol. The van der Waals surface area contributed by atoms with Gasteiger partial charge in [0.2, 0.25) is 0 Å². The maximum atomic E-state index is 5.79. The Morgan fingerprint density at radius 1 is 1.42 bits per heavy atom. The zero-order valence-electron chi connectivity index (χ0n) is 6.64. The lowest BCUT2D eigenvalue weighted by molar-refractivity contribution is 0.290. The Bertz CT molecular complexity index is 312. The molecular weight excluding hydrogens is 218 g/mol. The summed E-state index contributed by atoms with van der Waals surface area (Å²) in [7, 11) is 0. The van der Waals surface area contributed by atoms with Gasteiger partial charge in [-0.2, -0.15) is 0 Å². The van der Waals surface area contributed by atoms with Crippen LogP contribution in [-0.2, 0) is 6.42 Å². The number of nitrogen functional groups attached to an aromatic ring is 1. The summed E-state index contributed by atoms with van der Waals surface area (Å²) in [6, 6.07) is 3.95. The van der Waals surface area contributed by atoms with Crippen LogP contribution in [0.3, 0.4) is 0 Å². The van der Waals surface area contributed by atoms with Gasteiger partial charge in [0.05, 0.1) is 12.3 Å². The molecule has 1 heterocycles. The maximum absolute atomic E-state index is 5.79. The van der Waals surface area contributed by atoms with Gasteiger partial charge in [-0.25, -0.2) is 0 Å². The Kier molecular flexibility index (Phi) is 1.97. The van der Waals surface area contributed by atoms with Crippen molar-refractivity contribution in [1.29, 1.82) is 0 Å². The Balaban J connectivity index is 2.53. The first-order valence-electron chi connectivity index (χ1n) is 3.98. The highest BCUT2D eigenvalue weighted by Gasteiger charge is 2.13. The molecule has 0 unspecified atom stereocenters. The Morgan fingerprint density at radius 3 is 3.08 bits per heavy atom. The summed E-state index contributed by atoms with van der Waals surface area (Å²) >= 11 is 3.41. The molecule has 0 aliphatic carbocycles. The Hall–Kier alpha value is -0.700. The fraction of sp³-hybridized carbons (Fsp3) is 0.333. The number of anilines is 1. The van der Waals surface area contributed by atoms with Crippen LogP contribution in [0.15, 0.2) is 16.6 Å². The highest BCUT2D eigenvalue weighted by atomic mass is 79.9. The molecule has 1 aliphatic heterocycles. The van der Waals surface area contributed by atoms with E-state index in [9.17, 15) is 0 Å². The molecule has 64 valence electrons. The van der Waals surface area contributed by atoms with Crippen LogP contribution < -0.4 is 10.5 Å². The molecule has 0 fully saturated rings. The Labute approximate surface area is 79.8 Å². The third kappa shape index (κ3) is 1.29. The van der Waals surface area contributed by atoms with Crippen molar-refractivity contribution in [3.8, 4) is 5.75 Å². The molecule has 0 amide bonds. The van der Waals surface area contributed by atoms with E-state index in [0.29, 0.717) is 0 Å². The summed E-state index contributed by atoms with van der Waals surface area (Å²) in [6.07, 6.45) is 2.15. The van der Waals surface area contributed by atoms with E-state index in [1.54, 1.807) is 0 Å². The van der Waals surface area contributed by atoms with Crippen LogP contribution in [0.25, 0.3) is 0 Å². The lowest BCUT2D eigenvalue weighted by atomic mass is 10.1. The number of hydrogen-bond acceptors (Lipinski definition) is 2. The van der Waals surface area contributed by atoms with Gasteiger partial charge in [-0.1, -0.05) is 15.9 Å². The summed E-state index contributed by atoms with van der Waals surface area (Å²) in [4.78, 5) is 0. The van der Waals surface area contributed by atoms with E-state index in [-0.39, 0.29) is 0 Å². The first-order chi connectivity index (χ1) is 5.77. The SMILES string of the molecule is Nc1cc(Br)cc2c1OCCC2. The van der Waals surface area contributed by atoms with Gasteiger partial charge in [-0.3, -0.25) is 0 Å². The quantitative estimate of drug-likeness (QED) is 0.691. The van der Waals surface area contributed by atoms with Crippen LogP contribution in [0.1, 0.15) is 12.0 Å². The van der Waals surface area contributed by atoms with Gasteiger partial charge < -0.3 is 10.5 Å². The standard InChI is InChI=1S/C9H10BrNO/c10-7-4-6-2-1-3-12-9(6)8(11)5-7/h4-5H,1-3,11H2. The van der Waals surface area contributed by atoms with Crippen LogP contribution in [-0.4, -0.2) is 6.61 Å². The largest absolute Gasteiger partial charge is 0.491 e. The van der Waals surface area contributed by atoms with E-state index in [4.69, 9.17) is 10.5 Å². The lowest BCUT2D eigenvalue weighted by Gasteiger charge is -2.18. The number of fused-ring (bicyclic) bond motifs is 1. The van der Waals surface area contributed by atoms with E-state index in [0.717, 1.165) is 35.4 Å². The minimum atomic E-state index is 0.735. The monoisotopic (exact) mass is 227 g/mol. The average Bonchev–Trinajstić information content (AvgIpc) is 2.04. The molecule has 1 aromatic carbocycles. The molecule has 1 aliphatic rings. The van der Waals surface area contributed by atoms with Crippen molar-refractivity contribution >= 4 is 21.6 Å². The van der Waals surface area contributed by atoms with E-state index >= 15 is 0 Å². The number of nitrogens with two attached hydrogens (primary N) is 1. The van der Waals surface area contributed by atoms with Crippen LogP contribution in [0, 0.1) is 0 Å². The number of hydrogen-bond donors (Lipinski definition) is 1. The molecule has 0 aromatic heterocycles. The van der Waals surface area contributed by atoms with E-state index in [1.807, 2.05) is 6.07 Å². The van der Waals surface area contributed by atoms with Gasteiger partial charge in [-0.15, -0.1) is 0 Å². The molecule has 12 heavy (non-hydrogen) atoms. The highest BCUT2D eigenvalue weighted by Crippen LogP contribution is 2.33. The first kappa shape index (κ1) is 7.92. The average molecular weight is 228 g/mol. The molecule has 1 aromatic rings. The third-order valence-corrected chi connectivity index (χ3v) is 2.45. The fourth-order valence-electron chi connectivity index (χ4n) is 1.47. The van der Waals surface area contributed by atoms with Gasteiger partial charge in [-0.05, 0) is 30.5 Å². The summed E-state index contributed by atoms with van der Waals surface area (Å²) < 4.78 is 6.50. The first-order valence-corrected chi connectivity index (χ1v) is 4.77. The second kappa shape index (κ2) is 2.98. The Morgan fingerprint density at radius 2 is 2.25 bits per heavy atom. The van der Waals surface area contributed by atoms with Gasteiger partial charge in [0.15, 0.2) is 0 Å². The van der Waals surface area contributed by atoms with Gasteiger partial charge in [0.1, 0.15) is 5.75 Å². The van der Waals surface area contributed by atoms with Crippen LogP contribution in [0.2, 0.25) is 0 Å². The van der Waals surface area contributed by atoms with Crippen molar-refractivity contribution in [2.24, 2.45) is 0 Å². The molecular formula is C9H10BrNO. The van der Waals surface area contributed by atoms with Crippen LogP contribution in [0.4, 0.5) is 5.69 Å². The molecule has 0 atom stereocenters. The number of rotatable bonds is 0. The van der Waals surface area contributed by atoms with E-state index in [1.165, 1.54) is 5.56 Å². The summed E-state index contributed by atoms with van der Waals surface area (Å²) in [5.74, 6) is 0.879. The molecule has 3 heteroatoms. The van der Waals surface area contributed by atoms with Crippen LogP contribution in [0.5, 0.6) is 5.75 Å². The van der Waals surface area contributed by atoms with Crippen molar-refractivity contribution in [2.75, 3.05) is 12.3 Å². The molecule has 0 saturated heterocycles. The van der Waals surface area contributed by atoms with Gasteiger partial charge in [0, 0.05) is 4.47 Å². The van der Waals surface area contributed by atoms with E-state index in [2.05, 4.69) is 22.0 Å². The molecule has 2 nitrogen and oxygen atoms in total. The smallest absolute Gasteiger partial charge is 0.145 e. The second-order valence-corrected chi connectivity index (χ2v) is 3.85. The van der Waals surface area contributed by atoms with Gasteiger partial charge in [0.25, 0.3) is 0 Å². The maximum Gasteiger partial charge on any atom is 0.145 e. The molecule has 0 radical (unpaired) electrons. The van der Waals surface area contributed by atoms with Crippen molar-refractivity contribution < 1.29 is 4.74 Å². The minimum Gasteiger partial charge on any atom is -0.491 e. The molecule has 0 bridgehead atoms. The number of halogens is 1. The number of benzene rings is 1. The molecule has 2 rings (SSSR count). The minimum absolute atomic E-state index is 0.735.